The van der Waals surface area contributed by atoms with Gasteiger partial charge in [0.25, 0.3) is 0 Å². The van der Waals surface area contributed by atoms with Crippen molar-refractivity contribution in [2.45, 2.75) is 6.92 Å². The molecule has 0 aliphatic heterocycles. The summed E-state index contributed by atoms with van der Waals surface area (Å²) >= 11 is 1.59. The number of aryl methyl sites for hydroxylation is 2. The first kappa shape index (κ1) is 11.7. The van der Waals surface area contributed by atoms with Gasteiger partial charge in [-0.15, -0.1) is 11.3 Å². The molecule has 0 unspecified atom stereocenters. The second kappa shape index (κ2) is 4.37. The molecule has 0 fully saturated rings. The highest BCUT2D eigenvalue weighted by Gasteiger charge is 2.13. The molecule has 0 bridgehead atoms. The molecule has 94 valence electrons. The summed E-state index contributed by atoms with van der Waals surface area (Å²) in [7, 11) is 1.82. The molecular weight excluding hydrogens is 258 g/mol. The Morgan fingerprint density at radius 2 is 2.26 bits per heavy atom. The summed E-state index contributed by atoms with van der Waals surface area (Å²) in [6, 6.07) is 8.12. The van der Waals surface area contributed by atoms with Crippen molar-refractivity contribution in [2.75, 3.05) is 5.32 Å². The van der Waals surface area contributed by atoms with Crippen molar-refractivity contribution in [2.24, 2.45) is 7.05 Å². The van der Waals surface area contributed by atoms with Gasteiger partial charge >= 0.3 is 0 Å². The Balaban J connectivity index is 2.03. The van der Waals surface area contributed by atoms with Crippen LogP contribution < -0.4 is 5.32 Å². The molecule has 3 aromatic rings. The molecule has 0 atom stereocenters. The van der Waals surface area contributed by atoms with E-state index >= 15 is 0 Å². The number of thiazole rings is 1. The third-order valence-corrected chi connectivity index (χ3v) is 3.72. The zero-order valence-electron chi connectivity index (χ0n) is 10.5. The van der Waals surface area contributed by atoms with Crippen molar-refractivity contribution >= 4 is 33.1 Å². The van der Waals surface area contributed by atoms with Gasteiger partial charge in [-0.1, -0.05) is 0 Å². The largest absolute Gasteiger partial charge is 0.339 e. The van der Waals surface area contributed by atoms with Gasteiger partial charge in [0.1, 0.15) is 17.5 Å². The van der Waals surface area contributed by atoms with Gasteiger partial charge < -0.3 is 5.32 Å². The molecule has 5 nitrogen and oxygen atoms in total. The van der Waals surface area contributed by atoms with Crippen LogP contribution in [0.15, 0.2) is 23.7 Å². The third-order valence-electron chi connectivity index (χ3n) is 2.93. The van der Waals surface area contributed by atoms with E-state index in [-0.39, 0.29) is 0 Å². The Hall–Kier alpha value is -2.39. The number of nitrogens with zero attached hydrogens (tertiary/aromatic N) is 4. The van der Waals surface area contributed by atoms with E-state index < -0.39 is 0 Å². The summed E-state index contributed by atoms with van der Waals surface area (Å²) in [6.07, 6.45) is 0. The fraction of sp³-hybridized carbons (Fsp3) is 0.154. The van der Waals surface area contributed by atoms with Gasteiger partial charge in [0.15, 0.2) is 0 Å². The molecule has 0 spiro atoms. The van der Waals surface area contributed by atoms with Crippen LogP contribution in [-0.4, -0.2) is 14.8 Å². The Labute approximate surface area is 114 Å². The monoisotopic (exact) mass is 269 g/mol. The van der Waals surface area contributed by atoms with Gasteiger partial charge in [-0.3, -0.25) is 4.68 Å². The smallest absolute Gasteiger partial charge is 0.146 e. The van der Waals surface area contributed by atoms with Gasteiger partial charge in [0.2, 0.25) is 0 Å². The number of anilines is 2. The van der Waals surface area contributed by atoms with Gasteiger partial charge in [-0.2, -0.15) is 10.4 Å². The quantitative estimate of drug-likeness (QED) is 0.776. The van der Waals surface area contributed by atoms with Gasteiger partial charge in [0.05, 0.1) is 21.4 Å². The van der Waals surface area contributed by atoms with Crippen LogP contribution in [0.4, 0.5) is 11.5 Å². The zero-order valence-corrected chi connectivity index (χ0v) is 11.3. The molecule has 0 aliphatic carbocycles. The van der Waals surface area contributed by atoms with E-state index in [0.29, 0.717) is 11.4 Å². The van der Waals surface area contributed by atoms with E-state index in [1.54, 1.807) is 16.0 Å². The summed E-state index contributed by atoms with van der Waals surface area (Å²) < 4.78 is 2.80. The normalized spacial score (nSPS) is 10.6. The lowest BCUT2D eigenvalue weighted by Crippen LogP contribution is -2.00. The summed E-state index contributed by atoms with van der Waals surface area (Å²) in [5, 5.41) is 16.7. The number of benzene rings is 1. The van der Waals surface area contributed by atoms with Crippen molar-refractivity contribution in [3.05, 3.63) is 35.0 Å². The summed E-state index contributed by atoms with van der Waals surface area (Å²) in [5.41, 5.74) is 5.04. The van der Waals surface area contributed by atoms with Crippen LogP contribution in [0.5, 0.6) is 0 Å². The maximum absolute atomic E-state index is 9.18. The lowest BCUT2D eigenvalue weighted by atomic mass is 10.2. The second-order valence-corrected chi connectivity index (χ2v) is 5.09. The lowest BCUT2D eigenvalue weighted by molar-refractivity contribution is 0.765. The minimum absolute atomic E-state index is 0.576. The van der Waals surface area contributed by atoms with Crippen LogP contribution in [-0.2, 0) is 7.05 Å². The third kappa shape index (κ3) is 1.94. The first-order chi connectivity index (χ1) is 9.19. The Morgan fingerprint density at radius 3 is 3.05 bits per heavy atom. The number of rotatable bonds is 2. The summed E-state index contributed by atoms with van der Waals surface area (Å²) in [4.78, 5) is 4.24. The summed E-state index contributed by atoms with van der Waals surface area (Å²) in [5.74, 6) is 0.712. The van der Waals surface area contributed by atoms with Crippen molar-refractivity contribution in [3.63, 3.8) is 0 Å². The van der Waals surface area contributed by atoms with E-state index in [1.807, 2.05) is 37.7 Å². The molecule has 6 heteroatoms. The molecule has 0 radical (unpaired) electrons. The van der Waals surface area contributed by atoms with Gasteiger partial charge in [-0.25, -0.2) is 4.98 Å². The van der Waals surface area contributed by atoms with Gasteiger partial charge in [-0.05, 0) is 25.1 Å². The molecule has 0 aliphatic rings. The standard InChI is InChI=1S/C13H11N5S/c1-8-10(6-14)13(18(2)17-8)16-9-3-4-11-12(5-9)19-7-15-11/h3-5,7,16H,1-2H3. The van der Waals surface area contributed by atoms with Crippen LogP contribution in [0.25, 0.3) is 10.2 Å². The van der Waals surface area contributed by atoms with Crippen molar-refractivity contribution < 1.29 is 0 Å². The van der Waals surface area contributed by atoms with E-state index in [9.17, 15) is 5.26 Å². The van der Waals surface area contributed by atoms with Crippen LogP contribution >= 0.6 is 11.3 Å². The van der Waals surface area contributed by atoms with E-state index in [0.717, 1.165) is 21.6 Å². The minimum Gasteiger partial charge on any atom is -0.339 e. The zero-order chi connectivity index (χ0) is 13.4. The Morgan fingerprint density at radius 1 is 1.42 bits per heavy atom. The minimum atomic E-state index is 0.576. The first-order valence-corrected chi connectivity index (χ1v) is 6.61. The predicted octanol–water partition coefficient (Wildman–Crippen LogP) is 2.95. The Bertz CT molecular complexity index is 793. The molecule has 2 aromatic heterocycles. The molecule has 19 heavy (non-hydrogen) atoms. The van der Waals surface area contributed by atoms with E-state index in [1.165, 1.54) is 0 Å². The highest BCUT2D eigenvalue weighted by Crippen LogP contribution is 2.26. The lowest BCUT2D eigenvalue weighted by Gasteiger charge is -2.06. The summed E-state index contributed by atoms with van der Waals surface area (Å²) in [6.45, 7) is 1.83. The maximum Gasteiger partial charge on any atom is 0.146 e. The molecular formula is C13H11N5S. The molecule has 0 amide bonds. The highest BCUT2D eigenvalue weighted by atomic mass is 32.1. The molecule has 0 saturated carbocycles. The first-order valence-electron chi connectivity index (χ1n) is 5.73. The molecule has 0 saturated heterocycles. The van der Waals surface area contributed by atoms with Crippen LogP contribution in [0.3, 0.4) is 0 Å². The fourth-order valence-corrected chi connectivity index (χ4v) is 2.72. The fourth-order valence-electron chi connectivity index (χ4n) is 2.00. The van der Waals surface area contributed by atoms with Crippen LogP contribution in [0, 0.1) is 18.3 Å². The maximum atomic E-state index is 9.18. The molecule has 1 aromatic carbocycles. The number of aromatic nitrogens is 3. The van der Waals surface area contributed by atoms with Gasteiger partial charge in [0, 0.05) is 12.7 Å². The average Bonchev–Trinajstić information content (AvgIpc) is 2.94. The van der Waals surface area contributed by atoms with Crippen LogP contribution in [0.2, 0.25) is 0 Å². The SMILES string of the molecule is Cc1nn(C)c(Nc2ccc3ncsc3c2)c1C#N. The Kier molecular flexibility index (Phi) is 2.69. The molecule has 1 N–H and O–H groups in total. The number of nitrogens with one attached hydrogen (secondary N) is 1. The van der Waals surface area contributed by atoms with Crippen molar-refractivity contribution in [1.29, 1.82) is 5.26 Å². The average molecular weight is 269 g/mol. The van der Waals surface area contributed by atoms with E-state index in [2.05, 4.69) is 21.5 Å². The molecule has 3 rings (SSSR count). The second-order valence-electron chi connectivity index (χ2n) is 4.20. The van der Waals surface area contributed by atoms with Crippen LogP contribution in [0.1, 0.15) is 11.3 Å². The number of nitriles is 1. The number of hydrogen-bond acceptors (Lipinski definition) is 5. The predicted molar refractivity (Wildman–Crippen MR) is 75.6 cm³/mol. The highest BCUT2D eigenvalue weighted by molar-refractivity contribution is 7.16. The number of fused-ring (bicyclic) bond motifs is 1. The van der Waals surface area contributed by atoms with Crippen molar-refractivity contribution in [1.82, 2.24) is 14.8 Å². The topological polar surface area (TPSA) is 66.5 Å². The van der Waals surface area contributed by atoms with E-state index in [4.69, 9.17) is 0 Å². The van der Waals surface area contributed by atoms with Crippen molar-refractivity contribution in [3.8, 4) is 6.07 Å². The number of hydrogen-bond donors (Lipinski definition) is 1. The molecule has 2 heterocycles.